The molecule has 6 nitrogen and oxygen atoms in total. The number of ether oxygens (including phenoxy) is 1. The van der Waals surface area contributed by atoms with E-state index in [1.165, 1.54) is 38.1 Å². The molecule has 2 N–H and O–H groups in total. The number of anilines is 1. The molecule has 1 atom stereocenters. The highest BCUT2D eigenvalue weighted by atomic mass is 79.9. The first-order valence-corrected chi connectivity index (χ1v) is 11.3. The Hall–Kier alpha value is -2.54. The predicted molar refractivity (Wildman–Crippen MR) is 125 cm³/mol. The van der Waals surface area contributed by atoms with Crippen LogP contribution in [-0.2, 0) is 11.2 Å². The highest BCUT2D eigenvalue weighted by Crippen LogP contribution is 2.32. The number of rotatable bonds is 7. The Morgan fingerprint density at radius 1 is 1.23 bits per heavy atom. The lowest BCUT2D eigenvalue weighted by Crippen LogP contribution is -2.33. The number of carboxylic acids is 1. The van der Waals surface area contributed by atoms with Crippen LogP contribution in [0, 0.1) is 6.92 Å². The van der Waals surface area contributed by atoms with Gasteiger partial charge in [-0.1, -0.05) is 28.1 Å². The molecule has 1 amide bonds. The quantitative estimate of drug-likeness (QED) is 0.580. The van der Waals surface area contributed by atoms with Gasteiger partial charge in [-0.3, -0.25) is 4.79 Å². The van der Waals surface area contributed by atoms with Crippen LogP contribution in [0.1, 0.15) is 59.3 Å². The second-order valence-corrected chi connectivity index (χ2v) is 8.82. The van der Waals surface area contributed by atoms with Crippen molar-refractivity contribution in [2.75, 3.05) is 25.1 Å². The van der Waals surface area contributed by atoms with Crippen LogP contribution in [0.15, 0.2) is 34.8 Å². The third-order valence-corrected chi connectivity index (χ3v) is 6.50. The van der Waals surface area contributed by atoms with E-state index < -0.39 is 5.97 Å². The summed E-state index contributed by atoms with van der Waals surface area (Å²) in [5, 5.41) is 12.4. The highest BCUT2D eigenvalue weighted by molar-refractivity contribution is 9.10. The zero-order valence-corrected chi connectivity index (χ0v) is 19.8. The standard InChI is InChI=1S/C24H29BrN2O4/c1-15-8-7-9-20(27-10-5-4-6-11-27)23(15)16(2)26-22(28)13-17-12-21(31-3)18(24(29)30)14-19(17)25/h7-9,12,14,16H,4-6,10-11,13H2,1-3H3,(H,26,28)(H,29,30). The van der Waals surface area contributed by atoms with Crippen molar-refractivity contribution in [2.45, 2.75) is 45.6 Å². The van der Waals surface area contributed by atoms with Crippen LogP contribution in [0.3, 0.4) is 0 Å². The van der Waals surface area contributed by atoms with Crippen LogP contribution in [0.2, 0.25) is 0 Å². The number of piperidine rings is 1. The molecule has 0 radical (unpaired) electrons. The van der Waals surface area contributed by atoms with E-state index in [0.29, 0.717) is 10.0 Å². The van der Waals surface area contributed by atoms with Gasteiger partial charge in [0, 0.05) is 28.8 Å². The number of hydrogen-bond donors (Lipinski definition) is 2. The van der Waals surface area contributed by atoms with Gasteiger partial charge in [0.1, 0.15) is 11.3 Å². The van der Waals surface area contributed by atoms with Gasteiger partial charge in [0.25, 0.3) is 0 Å². The summed E-state index contributed by atoms with van der Waals surface area (Å²) in [6, 6.07) is 9.22. The molecule has 1 saturated heterocycles. The van der Waals surface area contributed by atoms with Crippen molar-refractivity contribution in [2.24, 2.45) is 0 Å². The number of benzene rings is 2. The minimum absolute atomic E-state index is 0.0537. The highest BCUT2D eigenvalue weighted by Gasteiger charge is 2.22. The van der Waals surface area contributed by atoms with Gasteiger partial charge in [-0.05, 0) is 62.4 Å². The molecular formula is C24H29BrN2O4. The summed E-state index contributed by atoms with van der Waals surface area (Å²) in [5.41, 5.74) is 4.23. The van der Waals surface area contributed by atoms with Gasteiger partial charge in [0.05, 0.1) is 19.6 Å². The van der Waals surface area contributed by atoms with Crippen LogP contribution in [0.5, 0.6) is 5.75 Å². The second kappa shape index (κ2) is 10.2. The first-order valence-electron chi connectivity index (χ1n) is 10.5. The van der Waals surface area contributed by atoms with Crippen molar-refractivity contribution < 1.29 is 19.4 Å². The number of carbonyl (C=O) groups is 2. The number of methoxy groups -OCH3 is 1. The largest absolute Gasteiger partial charge is 0.496 e. The molecule has 2 aromatic rings. The van der Waals surface area contributed by atoms with Crippen molar-refractivity contribution in [1.82, 2.24) is 5.32 Å². The number of aromatic carboxylic acids is 1. The maximum atomic E-state index is 12.9. The topological polar surface area (TPSA) is 78.9 Å². The molecule has 1 aliphatic heterocycles. The number of carboxylic acid groups (broad SMARTS) is 1. The van der Waals surface area contributed by atoms with Crippen molar-refractivity contribution in [3.8, 4) is 5.75 Å². The van der Waals surface area contributed by atoms with Gasteiger partial charge < -0.3 is 20.1 Å². The van der Waals surface area contributed by atoms with E-state index in [-0.39, 0.29) is 29.7 Å². The molecule has 7 heteroatoms. The average Bonchev–Trinajstić information content (AvgIpc) is 2.75. The van der Waals surface area contributed by atoms with Crippen molar-refractivity contribution >= 4 is 33.5 Å². The van der Waals surface area contributed by atoms with Crippen LogP contribution in [-0.4, -0.2) is 37.2 Å². The summed E-state index contributed by atoms with van der Waals surface area (Å²) < 4.78 is 5.76. The zero-order valence-electron chi connectivity index (χ0n) is 18.2. The number of hydrogen-bond acceptors (Lipinski definition) is 4. The molecule has 1 aliphatic rings. The molecule has 0 aromatic heterocycles. The SMILES string of the molecule is COc1cc(CC(=O)NC(C)c2c(C)cccc2N2CCCCC2)c(Br)cc1C(=O)O. The second-order valence-electron chi connectivity index (χ2n) is 7.97. The molecule has 0 aliphatic carbocycles. The number of nitrogens with zero attached hydrogens (tertiary/aromatic N) is 1. The van der Waals surface area contributed by atoms with Gasteiger partial charge in [-0.2, -0.15) is 0 Å². The van der Waals surface area contributed by atoms with Crippen molar-refractivity contribution in [1.29, 1.82) is 0 Å². The molecule has 0 bridgehead atoms. The Morgan fingerprint density at radius 3 is 2.58 bits per heavy atom. The Labute approximate surface area is 191 Å². The number of halogens is 1. The van der Waals surface area contributed by atoms with Gasteiger partial charge in [-0.15, -0.1) is 0 Å². The van der Waals surface area contributed by atoms with Gasteiger partial charge in [0.15, 0.2) is 0 Å². The fourth-order valence-electron chi connectivity index (χ4n) is 4.24. The first-order chi connectivity index (χ1) is 14.8. The van der Waals surface area contributed by atoms with Crippen molar-refractivity contribution in [3.05, 3.63) is 57.1 Å². The Kier molecular flexibility index (Phi) is 7.59. The normalized spacial score (nSPS) is 14.8. The maximum absolute atomic E-state index is 12.9. The summed E-state index contributed by atoms with van der Waals surface area (Å²) in [7, 11) is 1.42. The maximum Gasteiger partial charge on any atom is 0.339 e. The summed E-state index contributed by atoms with van der Waals surface area (Å²) in [4.78, 5) is 26.7. The monoisotopic (exact) mass is 488 g/mol. The molecule has 1 fully saturated rings. The van der Waals surface area contributed by atoms with E-state index in [1.807, 2.05) is 6.92 Å². The fourth-order valence-corrected chi connectivity index (χ4v) is 4.73. The first kappa shape index (κ1) is 23.1. The average molecular weight is 489 g/mol. The van der Waals surface area contributed by atoms with E-state index in [1.54, 1.807) is 6.07 Å². The molecule has 166 valence electrons. The van der Waals surface area contributed by atoms with E-state index in [2.05, 4.69) is 51.3 Å². The van der Waals surface area contributed by atoms with Crippen LogP contribution >= 0.6 is 15.9 Å². The molecule has 31 heavy (non-hydrogen) atoms. The summed E-state index contributed by atoms with van der Waals surface area (Å²) >= 11 is 3.39. The molecule has 1 unspecified atom stereocenters. The predicted octanol–water partition coefficient (Wildman–Crippen LogP) is 4.87. The Morgan fingerprint density at radius 2 is 1.94 bits per heavy atom. The van der Waals surface area contributed by atoms with Crippen LogP contribution in [0.25, 0.3) is 0 Å². The molecule has 0 saturated carbocycles. The van der Waals surface area contributed by atoms with E-state index >= 15 is 0 Å². The fraction of sp³-hybridized carbons (Fsp3) is 0.417. The zero-order chi connectivity index (χ0) is 22.5. The van der Waals surface area contributed by atoms with Crippen LogP contribution in [0.4, 0.5) is 5.69 Å². The summed E-state index contributed by atoms with van der Waals surface area (Å²) in [5.74, 6) is -0.976. The Bertz CT molecular complexity index is 970. The van der Waals surface area contributed by atoms with E-state index in [4.69, 9.17) is 4.74 Å². The minimum Gasteiger partial charge on any atom is -0.496 e. The minimum atomic E-state index is -1.08. The van der Waals surface area contributed by atoms with Gasteiger partial charge in [0.2, 0.25) is 5.91 Å². The van der Waals surface area contributed by atoms with Crippen LogP contribution < -0.4 is 15.0 Å². The molecule has 0 spiro atoms. The third-order valence-electron chi connectivity index (χ3n) is 5.76. The molecule has 3 rings (SSSR count). The Balaban J connectivity index is 1.78. The lowest BCUT2D eigenvalue weighted by atomic mass is 9.97. The lowest BCUT2D eigenvalue weighted by Gasteiger charge is -2.33. The van der Waals surface area contributed by atoms with Gasteiger partial charge >= 0.3 is 5.97 Å². The molecule has 1 heterocycles. The number of carbonyl (C=O) groups excluding carboxylic acids is 1. The molecular weight excluding hydrogens is 460 g/mol. The molecule has 2 aromatic carbocycles. The van der Waals surface area contributed by atoms with Gasteiger partial charge in [-0.25, -0.2) is 4.79 Å². The number of aryl methyl sites for hydroxylation is 1. The third kappa shape index (κ3) is 5.39. The number of nitrogens with one attached hydrogen (secondary N) is 1. The van der Waals surface area contributed by atoms with E-state index in [9.17, 15) is 14.7 Å². The number of amides is 1. The van der Waals surface area contributed by atoms with E-state index in [0.717, 1.165) is 24.2 Å². The smallest absolute Gasteiger partial charge is 0.339 e. The summed E-state index contributed by atoms with van der Waals surface area (Å²) in [6.45, 7) is 6.17. The summed E-state index contributed by atoms with van der Waals surface area (Å²) in [6.07, 6.45) is 3.77. The lowest BCUT2D eigenvalue weighted by molar-refractivity contribution is -0.121. The van der Waals surface area contributed by atoms with Crippen molar-refractivity contribution in [3.63, 3.8) is 0 Å².